The highest BCUT2D eigenvalue weighted by atomic mass is 127. The van der Waals surface area contributed by atoms with Gasteiger partial charge in [-0.15, -0.1) is 24.0 Å². The van der Waals surface area contributed by atoms with Crippen molar-refractivity contribution in [3.05, 3.63) is 5.82 Å². The normalized spacial score (nSPS) is 18.8. The van der Waals surface area contributed by atoms with Gasteiger partial charge in [0.2, 0.25) is 5.13 Å². The Morgan fingerprint density at radius 2 is 1.93 bits per heavy atom. The monoisotopic (exact) mass is 535 g/mol. The number of guanidine groups is 1. The lowest BCUT2D eigenvalue weighted by molar-refractivity contribution is 0.190. The van der Waals surface area contributed by atoms with Crippen LogP contribution in [0.3, 0.4) is 0 Å². The zero-order chi connectivity index (χ0) is 19.8. The van der Waals surface area contributed by atoms with Crippen LogP contribution in [0.15, 0.2) is 4.99 Å². The van der Waals surface area contributed by atoms with Gasteiger partial charge in [0, 0.05) is 63.8 Å². The molecule has 2 fully saturated rings. The molecule has 1 aromatic rings. The molecule has 3 rings (SSSR count). The second-order valence-electron chi connectivity index (χ2n) is 7.92. The molecule has 0 bridgehead atoms. The Labute approximate surface area is 197 Å². The van der Waals surface area contributed by atoms with Crippen molar-refractivity contribution < 1.29 is 0 Å². The van der Waals surface area contributed by atoms with E-state index in [1.165, 1.54) is 50.2 Å². The van der Waals surface area contributed by atoms with E-state index in [0.717, 1.165) is 68.5 Å². The minimum Gasteiger partial charge on any atom is -0.356 e. The van der Waals surface area contributed by atoms with E-state index in [1.807, 2.05) is 7.05 Å². The van der Waals surface area contributed by atoms with Crippen LogP contribution in [-0.4, -0.2) is 84.5 Å². The lowest BCUT2D eigenvalue weighted by atomic mass is 9.94. The standard InChI is InChI=1S/C20H37N7S.HI/c1-4-18-23-20(28-24-18)27-15-13-26(14-16-27)19(21-2)22-11-8-12-25(3)17-9-6-5-7-10-17;/h17H,4-16H2,1-3H3,(H,21,22);1H. The van der Waals surface area contributed by atoms with Gasteiger partial charge in [0.1, 0.15) is 5.82 Å². The van der Waals surface area contributed by atoms with Gasteiger partial charge in [-0.25, -0.2) is 4.98 Å². The summed E-state index contributed by atoms with van der Waals surface area (Å²) >= 11 is 1.52. The molecule has 1 aliphatic heterocycles. The van der Waals surface area contributed by atoms with E-state index in [9.17, 15) is 0 Å². The first-order chi connectivity index (χ1) is 13.7. The fourth-order valence-electron chi connectivity index (χ4n) is 4.19. The summed E-state index contributed by atoms with van der Waals surface area (Å²) in [6, 6.07) is 0.801. The smallest absolute Gasteiger partial charge is 0.205 e. The Kier molecular flexibility index (Phi) is 10.9. The lowest BCUT2D eigenvalue weighted by Crippen LogP contribution is -2.52. The molecule has 1 aromatic heterocycles. The Morgan fingerprint density at radius 3 is 2.55 bits per heavy atom. The molecule has 7 nitrogen and oxygen atoms in total. The average molecular weight is 536 g/mol. The molecule has 0 spiro atoms. The lowest BCUT2D eigenvalue weighted by Gasteiger charge is -2.36. The first-order valence-electron chi connectivity index (χ1n) is 10.9. The van der Waals surface area contributed by atoms with Gasteiger partial charge in [0.05, 0.1) is 0 Å². The van der Waals surface area contributed by atoms with E-state index < -0.39 is 0 Å². The first-order valence-corrected chi connectivity index (χ1v) is 11.7. The summed E-state index contributed by atoms with van der Waals surface area (Å²) in [5, 5.41) is 4.63. The number of rotatable bonds is 7. The van der Waals surface area contributed by atoms with E-state index in [-0.39, 0.29) is 24.0 Å². The van der Waals surface area contributed by atoms with Crippen LogP contribution in [-0.2, 0) is 6.42 Å². The average Bonchev–Trinajstić information content (AvgIpc) is 3.24. The van der Waals surface area contributed by atoms with Crippen molar-refractivity contribution in [2.45, 2.75) is 57.9 Å². The number of aliphatic imine (C=N–C) groups is 1. The van der Waals surface area contributed by atoms with Gasteiger partial charge in [-0.05, 0) is 32.9 Å². The Hall–Kier alpha value is -0.680. The van der Waals surface area contributed by atoms with Crippen molar-refractivity contribution in [1.82, 2.24) is 24.5 Å². The third-order valence-electron chi connectivity index (χ3n) is 6.00. The van der Waals surface area contributed by atoms with Crippen molar-refractivity contribution in [3.63, 3.8) is 0 Å². The fraction of sp³-hybridized carbons (Fsp3) is 0.850. The maximum Gasteiger partial charge on any atom is 0.205 e. The molecule has 1 aliphatic carbocycles. The Morgan fingerprint density at radius 1 is 1.21 bits per heavy atom. The number of aryl methyl sites for hydroxylation is 1. The molecule has 0 aromatic carbocycles. The van der Waals surface area contributed by atoms with E-state index in [2.05, 4.69) is 48.3 Å². The molecule has 166 valence electrons. The van der Waals surface area contributed by atoms with Crippen LogP contribution in [0.5, 0.6) is 0 Å². The summed E-state index contributed by atoms with van der Waals surface area (Å²) in [6.07, 6.45) is 9.06. The van der Waals surface area contributed by atoms with Gasteiger partial charge in [-0.2, -0.15) is 4.37 Å². The van der Waals surface area contributed by atoms with Crippen LogP contribution in [0, 0.1) is 0 Å². The molecule has 0 radical (unpaired) electrons. The van der Waals surface area contributed by atoms with Crippen molar-refractivity contribution >= 4 is 46.6 Å². The molecule has 29 heavy (non-hydrogen) atoms. The van der Waals surface area contributed by atoms with Crippen LogP contribution < -0.4 is 10.2 Å². The van der Waals surface area contributed by atoms with Crippen LogP contribution in [0.25, 0.3) is 0 Å². The number of hydrogen-bond donors (Lipinski definition) is 1. The zero-order valence-electron chi connectivity index (χ0n) is 18.3. The predicted octanol–water partition coefficient (Wildman–Crippen LogP) is 3.07. The molecule has 1 saturated heterocycles. The molecule has 1 saturated carbocycles. The van der Waals surface area contributed by atoms with Crippen molar-refractivity contribution in [2.24, 2.45) is 4.99 Å². The number of halogens is 1. The highest BCUT2D eigenvalue weighted by Gasteiger charge is 2.22. The molecular formula is C20H38IN7S. The van der Waals surface area contributed by atoms with Gasteiger partial charge < -0.3 is 20.0 Å². The highest BCUT2D eigenvalue weighted by Crippen LogP contribution is 2.21. The maximum absolute atomic E-state index is 4.62. The molecule has 0 atom stereocenters. The maximum atomic E-state index is 4.62. The highest BCUT2D eigenvalue weighted by molar-refractivity contribution is 14.0. The quantitative estimate of drug-likeness (QED) is 0.251. The van der Waals surface area contributed by atoms with E-state index >= 15 is 0 Å². The number of nitrogens with one attached hydrogen (secondary N) is 1. The summed E-state index contributed by atoms with van der Waals surface area (Å²) in [4.78, 5) is 16.4. The van der Waals surface area contributed by atoms with Crippen molar-refractivity contribution in [2.75, 3.05) is 58.3 Å². The number of anilines is 1. The van der Waals surface area contributed by atoms with Crippen molar-refractivity contribution in [1.29, 1.82) is 0 Å². The van der Waals surface area contributed by atoms with E-state index in [0.29, 0.717) is 0 Å². The summed E-state index contributed by atoms with van der Waals surface area (Å²) in [6.45, 7) is 8.16. The number of nitrogens with zero attached hydrogens (tertiary/aromatic N) is 6. The van der Waals surface area contributed by atoms with Crippen LogP contribution in [0.2, 0.25) is 0 Å². The molecule has 9 heteroatoms. The Balaban J connectivity index is 0.00000300. The summed E-state index contributed by atoms with van der Waals surface area (Å²) < 4.78 is 4.41. The van der Waals surface area contributed by atoms with E-state index in [1.54, 1.807) is 0 Å². The van der Waals surface area contributed by atoms with Crippen molar-refractivity contribution in [3.8, 4) is 0 Å². The second-order valence-corrected chi connectivity index (χ2v) is 8.65. The van der Waals surface area contributed by atoms with Gasteiger partial charge in [0.25, 0.3) is 0 Å². The molecule has 1 N–H and O–H groups in total. The summed E-state index contributed by atoms with van der Waals surface area (Å²) in [5.41, 5.74) is 0. The van der Waals surface area contributed by atoms with Gasteiger partial charge in [-0.1, -0.05) is 26.2 Å². The molecule has 0 unspecified atom stereocenters. The molecule has 0 amide bonds. The first kappa shape index (κ1) is 24.6. The van der Waals surface area contributed by atoms with Crippen LogP contribution >= 0.6 is 35.5 Å². The van der Waals surface area contributed by atoms with Gasteiger partial charge in [-0.3, -0.25) is 4.99 Å². The number of piperazine rings is 1. The molecular weight excluding hydrogens is 497 g/mol. The number of hydrogen-bond acceptors (Lipinski definition) is 6. The third-order valence-corrected chi connectivity index (χ3v) is 6.82. The topological polar surface area (TPSA) is 59.9 Å². The third kappa shape index (κ3) is 7.20. The fourth-order valence-corrected chi connectivity index (χ4v) is 4.99. The second kappa shape index (κ2) is 12.9. The number of aromatic nitrogens is 2. The van der Waals surface area contributed by atoms with E-state index in [4.69, 9.17) is 0 Å². The van der Waals surface area contributed by atoms with Crippen LogP contribution in [0.4, 0.5) is 5.13 Å². The summed E-state index contributed by atoms with van der Waals surface area (Å²) in [5.74, 6) is 1.99. The minimum atomic E-state index is 0. The van der Waals surface area contributed by atoms with Crippen LogP contribution in [0.1, 0.15) is 51.3 Å². The summed E-state index contributed by atoms with van der Waals surface area (Å²) in [7, 11) is 4.18. The predicted molar refractivity (Wildman–Crippen MR) is 134 cm³/mol. The van der Waals surface area contributed by atoms with Gasteiger partial charge in [0.15, 0.2) is 5.96 Å². The minimum absolute atomic E-state index is 0. The zero-order valence-corrected chi connectivity index (χ0v) is 21.4. The molecule has 2 heterocycles. The SMILES string of the molecule is CCc1nsc(N2CCN(C(=NC)NCCCN(C)C3CCCCC3)CC2)n1.I. The Bertz CT molecular complexity index is 610. The largest absolute Gasteiger partial charge is 0.356 e. The van der Waals surface area contributed by atoms with Gasteiger partial charge >= 0.3 is 0 Å². The molecule has 2 aliphatic rings.